The molecule has 2 aromatic rings. The van der Waals surface area contributed by atoms with E-state index in [1.807, 2.05) is 0 Å². The molecule has 8 heteroatoms. The molecule has 2 atom stereocenters. The molecule has 2 unspecified atom stereocenters. The summed E-state index contributed by atoms with van der Waals surface area (Å²) in [6, 6.07) is 8.69. The third kappa shape index (κ3) is 3.66. The fourth-order valence-corrected chi connectivity index (χ4v) is 3.70. The lowest BCUT2D eigenvalue weighted by Crippen LogP contribution is -2.42. The highest BCUT2D eigenvalue weighted by atomic mass is 35.5. The van der Waals surface area contributed by atoms with Crippen LogP contribution in [0.3, 0.4) is 0 Å². The molecule has 27 heavy (non-hydrogen) atoms. The number of hydrogen-bond acceptors (Lipinski definition) is 3. The molecule has 0 radical (unpaired) electrons. The minimum Gasteiger partial charge on any atom is -0.389 e. The summed E-state index contributed by atoms with van der Waals surface area (Å²) >= 11 is 11.8. The van der Waals surface area contributed by atoms with E-state index in [1.165, 1.54) is 18.2 Å². The average molecular weight is 418 g/mol. The van der Waals surface area contributed by atoms with Crippen LogP contribution in [0.1, 0.15) is 41.7 Å². The topological polar surface area (TPSA) is 41.8 Å². The van der Waals surface area contributed by atoms with Crippen LogP contribution in [0.5, 0.6) is 0 Å². The Balaban J connectivity index is 2.01. The lowest BCUT2D eigenvalue weighted by molar-refractivity contribution is -0.275. The lowest BCUT2D eigenvalue weighted by atomic mass is 9.86. The minimum atomic E-state index is -4.74. The number of halogens is 5. The lowest BCUT2D eigenvalue weighted by Gasteiger charge is -2.29. The summed E-state index contributed by atoms with van der Waals surface area (Å²) in [6.07, 6.45) is -5.93. The molecule has 0 saturated heterocycles. The van der Waals surface area contributed by atoms with Gasteiger partial charge in [-0.2, -0.15) is 13.2 Å². The van der Waals surface area contributed by atoms with Gasteiger partial charge in [0, 0.05) is 22.0 Å². The summed E-state index contributed by atoms with van der Waals surface area (Å²) in [4.78, 5) is 4.98. The monoisotopic (exact) mass is 417 g/mol. The molecule has 0 fully saturated rings. The van der Waals surface area contributed by atoms with Crippen molar-refractivity contribution in [1.82, 2.24) is 0 Å². The molecular weight excluding hydrogens is 402 g/mol. The van der Waals surface area contributed by atoms with Gasteiger partial charge >= 0.3 is 6.18 Å². The summed E-state index contributed by atoms with van der Waals surface area (Å²) in [5.41, 5.74) is -0.765. The summed E-state index contributed by atoms with van der Waals surface area (Å²) in [5, 5.41) is 13.6. The molecular formula is C19H16Cl2F3NO2. The molecule has 2 aromatic carbocycles. The number of aliphatic hydroxyl groups excluding tert-OH is 1. The van der Waals surface area contributed by atoms with E-state index in [-0.39, 0.29) is 21.3 Å². The van der Waals surface area contributed by atoms with Gasteiger partial charge in [-0.25, -0.2) is 0 Å². The molecule has 1 aliphatic rings. The molecule has 0 aromatic heterocycles. The second-order valence-electron chi connectivity index (χ2n) is 6.54. The zero-order chi connectivity index (χ0) is 20.0. The number of aryl methyl sites for hydroxylation is 1. The van der Waals surface area contributed by atoms with Crippen LogP contribution >= 0.6 is 23.2 Å². The highest BCUT2D eigenvalue weighted by Crippen LogP contribution is 2.49. The van der Waals surface area contributed by atoms with Crippen molar-refractivity contribution >= 4 is 28.9 Å². The molecule has 0 spiro atoms. The average Bonchev–Trinajstić information content (AvgIpc) is 3.00. The third-order valence-electron chi connectivity index (χ3n) is 4.57. The van der Waals surface area contributed by atoms with Crippen molar-refractivity contribution in [3.8, 4) is 0 Å². The van der Waals surface area contributed by atoms with Crippen molar-refractivity contribution in [1.29, 1.82) is 0 Å². The number of rotatable bonds is 3. The predicted octanol–water partition coefficient (Wildman–Crippen LogP) is 5.94. The normalized spacial score (nSPS) is 21.0. The molecule has 3 rings (SSSR count). The van der Waals surface area contributed by atoms with Gasteiger partial charge in [0.05, 0.1) is 11.8 Å². The Bertz CT molecular complexity index is 892. The number of hydrogen-bond donors (Lipinski definition) is 1. The van der Waals surface area contributed by atoms with Gasteiger partial charge < -0.3 is 9.94 Å². The van der Waals surface area contributed by atoms with Gasteiger partial charge in [-0.3, -0.25) is 0 Å². The van der Waals surface area contributed by atoms with Crippen molar-refractivity contribution in [3.05, 3.63) is 68.7 Å². The molecule has 1 heterocycles. The first-order chi connectivity index (χ1) is 12.5. The minimum absolute atomic E-state index is 0.0790. The molecule has 1 aliphatic heterocycles. The zero-order valence-corrected chi connectivity index (χ0v) is 16.0. The maximum absolute atomic E-state index is 14.0. The third-order valence-corrected chi connectivity index (χ3v) is 5.00. The van der Waals surface area contributed by atoms with Crippen molar-refractivity contribution < 1.29 is 23.1 Å². The first-order valence-corrected chi connectivity index (χ1v) is 8.86. The van der Waals surface area contributed by atoms with E-state index < -0.39 is 24.3 Å². The second-order valence-corrected chi connectivity index (χ2v) is 7.41. The Morgan fingerprint density at radius 3 is 2.30 bits per heavy atom. The predicted molar refractivity (Wildman–Crippen MR) is 98.2 cm³/mol. The first-order valence-electron chi connectivity index (χ1n) is 8.11. The van der Waals surface area contributed by atoms with Crippen LogP contribution in [0.4, 0.5) is 13.2 Å². The van der Waals surface area contributed by atoms with E-state index >= 15 is 0 Å². The van der Waals surface area contributed by atoms with E-state index in [2.05, 4.69) is 5.16 Å². The molecule has 1 N–H and O–H groups in total. The Morgan fingerprint density at radius 1 is 1.15 bits per heavy atom. The van der Waals surface area contributed by atoms with Crippen LogP contribution < -0.4 is 0 Å². The summed E-state index contributed by atoms with van der Waals surface area (Å²) in [6.45, 7) is 3.39. The fraction of sp³-hybridized carbons (Fsp3) is 0.316. The molecule has 0 saturated carbocycles. The van der Waals surface area contributed by atoms with Gasteiger partial charge in [0.25, 0.3) is 5.60 Å². The van der Waals surface area contributed by atoms with Crippen LogP contribution in [0, 0.1) is 6.92 Å². The van der Waals surface area contributed by atoms with Gasteiger partial charge in [0.2, 0.25) is 0 Å². The maximum Gasteiger partial charge on any atom is 0.435 e. The van der Waals surface area contributed by atoms with Gasteiger partial charge in [0.1, 0.15) is 0 Å². The van der Waals surface area contributed by atoms with Crippen LogP contribution in [0.25, 0.3) is 0 Å². The van der Waals surface area contributed by atoms with Crippen LogP contribution in [0.2, 0.25) is 10.0 Å². The SMILES string of the molecule is Cc1cc(C2=NOC(c3cc(Cl)cc(Cl)c3)(C(F)(F)F)C2)ccc1C(C)O. The fourth-order valence-electron chi connectivity index (χ4n) is 3.17. The Morgan fingerprint density at radius 2 is 1.78 bits per heavy atom. The number of nitrogens with zero attached hydrogens (tertiary/aromatic N) is 1. The van der Waals surface area contributed by atoms with E-state index in [9.17, 15) is 18.3 Å². The van der Waals surface area contributed by atoms with Gasteiger partial charge in [0.15, 0.2) is 0 Å². The first kappa shape index (κ1) is 20.0. The zero-order valence-electron chi connectivity index (χ0n) is 14.4. The van der Waals surface area contributed by atoms with Crippen molar-refractivity contribution in [2.75, 3.05) is 0 Å². The number of benzene rings is 2. The van der Waals surface area contributed by atoms with Crippen LogP contribution in [-0.4, -0.2) is 17.0 Å². The van der Waals surface area contributed by atoms with Gasteiger partial charge in [-0.1, -0.05) is 40.5 Å². The smallest absolute Gasteiger partial charge is 0.389 e. The largest absolute Gasteiger partial charge is 0.435 e. The van der Waals surface area contributed by atoms with E-state index in [1.54, 1.807) is 32.0 Å². The molecule has 144 valence electrons. The molecule has 0 aliphatic carbocycles. The quantitative estimate of drug-likeness (QED) is 0.671. The van der Waals surface area contributed by atoms with Crippen molar-refractivity contribution in [2.45, 2.75) is 38.1 Å². The maximum atomic E-state index is 14.0. The van der Waals surface area contributed by atoms with Crippen molar-refractivity contribution in [3.63, 3.8) is 0 Å². The van der Waals surface area contributed by atoms with Crippen LogP contribution in [-0.2, 0) is 10.4 Å². The van der Waals surface area contributed by atoms with Crippen LogP contribution in [0.15, 0.2) is 41.6 Å². The second kappa shape index (κ2) is 7.00. The Kier molecular flexibility index (Phi) is 5.18. The van der Waals surface area contributed by atoms with Gasteiger partial charge in [-0.15, -0.1) is 0 Å². The Hall–Kier alpha value is -1.76. The highest BCUT2D eigenvalue weighted by molar-refractivity contribution is 6.34. The standard InChI is InChI=1S/C19H16Cl2F3NO2/c1-10-5-12(3-4-16(10)11(2)26)17-9-18(27-25-17,19(22,23)24)13-6-14(20)8-15(21)7-13/h3-8,11,26H,9H2,1-2H3. The van der Waals surface area contributed by atoms with E-state index in [0.29, 0.717) is 11.1 Å². The molecule has 0 bridgehead atoms. The van der Waals surface area contributed by atoms with E-state index in [4.69, 9.17) is 28.0 Å². The molecule has 0 amide bonds. The van der Waals surface area contributed by atoms with E-state index in [0.717, 1.165) is 5.56 Å². The Labute approximate surface area is 164 Å². The number of alkyl halides is 3. The summed E-state index contributed by atoms with van der Waals surface area (Å²) in [5.74, 6) is 0. The summed E-state index contributed by atoms with van der Waals surface area (Å²) < 4.78 is 42.0. The molecule has 3 nitrogen and oxygen atoms in total. The van der Waals surface area contributed by atoms with Gasteiger partial charge in [-0.05, 0) is 54.8 Å². The van der Waals surface area contributed by atoms with Crippen molar-refractivity contribution in [2.24, 2.45) is 5.16 Å². The summed E-state index contributed by atoms with van der Waals surface area (Å²) in [7, 11) is 0. The highest BCUT2D eigenvalue weighted by Gasteiger charge is 2.62. The number of aliphatic hydroxyl groups is 1. The number of oxime groups is 1.